The van der Waals surface area contributed by atoms with Gasteiger partial charge in [-0.05, 0) is 51.8 Å². The van der Waals surface area contributed by atoms with Gasteiger partial charge in [0.25, 0.3) is 0 Å². The van der Waals surface area contributed by atoms with Crippen LogP contribution in [0.3, 0.4) is 0 Å². The Hall–Kier alpha value is -0.450. The first kappa shape index (κ1) is 12.0. The summed E-state index contributed by atoms with van der Waals surface area (Å²) in [7, 11) is 0. The zero-order valence-corrected chi connectivity index (χ0v) is 12.1. The molecule has 0 aliphatic carbocycles. The molecule has 0 radical (unpaired) electrons. The maximum atomic E-state index is 3.53. The molecule has 1 N–H and O–H groups in total. The molecule has 16 heavy (non-hydrogen) atoms. The molecule has 84 valence electrons. The summed E-state index contributed by atoms with van der Waals surface area (Å²) in [5.41, 5.74) is 1.17. The van der Waals surface area contributed by atoms with Gasteiger partial charge in [0.05, 0.1) is 6.54 Å². The molecule has 0 aliphatic rings. The van der Waals surface area contributed by atoms with Crippen molar-refractivity contribution < 1.29 is 0 Å². The normalized spacial score (nSPS) is 10.4. The highest BCUT2D eigenvalue weighted by atomic mass is 79.9. The Morgan fingerprint density at radius 3 is 2.94 bits per heavy atom. The molecule has 2 rings (SSSR count). The lowest BCUT2D eigenvalue weighted by Crippen LogP contribution is -1.97. The predicted octanol–water partition coefficient (Wildman–Crippen LogP) is 4.84. The van der Waals surface area contributed by atoms with E-state index in [0.29, 0.717) is 0 Å². The zero-order valence-electron chi connectivity index (χ0n) is 8.87. The number of benzene rings is 1. The predicted molar refractivity (Wildman–Crippen MR) is 77.6 cm³/mol. The molecule has 0 spiro atoms. The van der Waals surface area contributed by atoms with Crippen LogP contribution in [0.15, 0.2) is 45.1 Å². The van der Waals surface area contributed by atoms with E-state index in [1.807, 2.05) is 0 Å². The fourth-order valence-electron chi connectivity index (χ4n) is 1.37. The second-order valence-corrected chi connectivity index (χ2v) is 6.01. The number of hydrogen-bond donors (Lipinski definition) is 1. The Kier molecular flexibility index (Phi) is 4.32. The van der Waals surface area contributed by atoms with Crippen LogP contribution in [0.4, 0.5) is 5.69 Å². The van der Waals surface area contributed by atoms with Gasteiger partial charge in [0.1, 0.15) is 0 Å². The van der Waals surface area contributed by atoms with Gasteiger partial charge in [-0.3, -0.25) is 0 Å². The summed E-state index contributed by atoms with van der Waals surface area (Å²) in [6.07, 6.45) is 2.09. The van der Waals surface area contributed by atoms with Crippen LogP contribution in [0.25, 0.3) is 0 Å². The molecule has 1 aromatic carbocycles. The van der Waals surface area contributed by atoms with Crippen LogP contribution in [0.2, 0.25) is 0 Å². The lowest BCUT2D eigenvalue weighted by Gasteiger charge is -2.06. The van der Waals surface area contributed by atoms with E-state index in [1.54, 1.807) is 23.1 Å². The smallest absolute Gasteiger partial charge is 0.0505 e. The second-order valence-electron chi connectivity index (χ2n) is 3.28. The van der Waals surface area contributed by atoms with Gasteiger partial charge < -0.3 is 5.32 Å². The van der Waals surface area contributed by atoms with Crippen molar-refractivity contribution >= 4 is 44.7 Å². The summed E-state index contributed by atoms with van der Waals surface area (Å²) in [6, 6.07) is 10.6. The van der Waals surface area contributed by atoms with Crippen LogP contribution in [0.5, 0.6) is 0 Å². The third kappa shape index (κ3) is 3.03. The SMILES string of the molecule is CSc1cccc(NCc2sccc2Br)c1. The fourth-order valence-corrected chi connectivity index (χ4v) is 3.26. The Balaban J connectivity index is 2.02. The minimum absolute atomic E-state index is 0.871. The van der Waals surface area contributed by atoms with Crippen LogP contribution >= 0.6 is 39.0 Å². The number of rotatable bonds is 4. The minimum atomic E-state index is 0.871. The van der Waals surface area contributed by atoms with Crippen LogP contribution in [0, 0.1) is 0 Å². The van der Waals surface area contributed by atoms with Crippen molar-refractivity contribution in [3.8, 4) is 0 Å². The van der Waals surface area contributed by atoms with Gasteiger partial charge in [-0.15, -0.1) is 23.1 Å². The zero-order chi connectivity index (χ0) is 11.4. The highest BCUT2D eigenvalue weighted by Crippen LogP contribution is 2.24. The van der Waals surface area contributed by atoms with E-state index in [0.717, 1.165) is 6.54 Å². The topological polar surface area (TPSA) is 12.0 Å². The summed E-state index contributed by atoms with van der Waals surface area (Å²) in [4.78, 5) is 2.62. The van der Waals surface area contributed by atoms with E-state index < -0.39 is 0 Å². The van der Waals surface area contributed by atoms with Crippen LogP contribution in [0.1, 0.15) is 4.88 Å². The third-order valence-corrected chi connectivity index (χ3v) is 4.87. The number of anilines is 1. The molecule has 0 bridgehead atoms. The van der Waals surface area contributed by atoms with E-state index in [2.05, 4.69) is 63.2 Å². The van der Waals surface area contributed by atoms with Gasteiger partial charge >= 0.3 is 0 Å². The van der Waals surface area contributed by atoms with E-state index in [1.165, 1.54) is 19.9 Å². The molecule has 0 saturated heterocycles. The molecule has 0 fully saturated rings. The van der Waals surface area contributed by atoms with Crippen molar-refractivity contribution in [2.24, 2.45) is 0 Å². The monoisotopic (exact) mass is 313 g/mol. The van der Waals surface area contributed by atoms with Crippen LogP contribution in [-0.4, -0.2) is 6.26 Å². The van der Waals surface area contributed by atoms with Crippen LogP contribution < -0.4 is 5.32 Å². The summed E-state index contributed by atoms with van der Waals surface area (Å²) < 4.78 is 1.19. The lowest BCUT2D eigenvalue weighted by atomic mass is 10.3. The first-order chi connectivity index (χ1) is 7.79. The van der Waals surface area contributed by atoms with Crippen molar-refractivity contribution in [2.75, 3.05) is 11.6 Å². The highest BCUT2D eigenvalue weighted by Gasteiger charge is 2.01. The maximum absolute atomic E-state index is 3.53. The van der Waals surface area contributed by atoms with Crippen molar-refractivity contribution in [3.05, 3.63) is 45.1 Å². The maximum Gasteiger partial charge on any atom is 0.0505 e. The van der Waals surface area contributed by atoms with Crippen molar-refractivity contribution in [1.29, 1.82) is 0 Å². The van der Waals surface area contributed by atoms with Gasteiger partial charge in [-0.2, -0.15) is 0 Å². The molecule has 1 aromatic heterocycles. The number of halogens is 1. The number of nitrogens with one attached hydrogen (secondary N) is 1. The molecule has 4 heteroatoms. The van der Waals surface area contributed by atoms with Gasteiger partial charge in [0.2, 0.25) is 0 Å². The summed E-state index contributed by atoms with van der Waals surface area (Å²) in [5, 5.41) is 5.53. The number of thioether (sulfide) groups is 1. The van der Waals surface area contributed by atoms with E-state index in [4.69, 9.17) is 0 Å². The quantitative estimate of drug-likeness (QED) is 0.810. The second kappa shape index (κ2) is 5.75. The van der Waals surface area contributed by atoms with Crippen molar-refractivity contribution in [1.82, 2.24) is 0 Å². The van der Waals surface area contributed by atoms with E-state index in [-0.39, 0.29) is 0 Å². The first-order valence-corrected chi connectivity index (χ1v) is 7.79. The van der Waals surface area contributed by atoms with Gasteiger partial charge in [0, 0.05) is 19.9 Å². The Morgan fingerprint density at radius 1 is 1.38 bits per heavy atom. The van der Waals surface area contributed by atoms with Crippen molar-refractivity contribution in [3.63, 3.8) is 0 Å². The molecule has 0 aliphatic heterocycles. The Morgan fingerprint density at radius 2 is 2.25 bits per heavy atom. The molecular weight excluding hydrogens is 302 g/mol. The third-order valence-electron chi connectivity index (χ3n) is 2.21. The highest BCUT2D eigenvalue weighted by molar-refractivity contribution is 9.10. The molecule has 1 nitrogen and oxygen atoms in total. The summed E-state index contributed by atoms with van der Waals surface area (Å²) in [5.74, 6) is 0. The molecular formula is C12H12BrNS2. The number of hydrogen-bond acceptors (Lipinski definition) is 3. The fraction of sp³-hybridized carbons (Fsp3) is 0.167. The largest absolute Gasteiger partial charge is 0.380 e. The molecule has 0 unspecified atom stereocenters. The van der Waals surface area contributed by atoms with Gasteiger partial charge in [-0.25, -0.2) is 0 Å². The summed E-state index contributed by atoms with van der Waals surface area (Å²) >= 11 is 7.06. The Labute approximate surface area is 112 Å². The molecule has 0 atom stereocenters. The lowest BCUT2D eigenvalue weighted by molar-refractivity contribution is 1.18. The molecule has 2 aromatic rings. The van der Waals surface area contributed by atoms with Crippen LogP contribution in [-0.2, 0) is 6.54 Å². The van der Waals surface area contributed by atoms with Gasteiger partial charge in [-0.1, -0.05) is 6.07 Å². The molecule has 0 saturated carbocycles. The first-order valence-electron chi connectivity index (χ1n) is 4.89. The molecule has 0 amide bonds. The standard InChI is InChI=1S/C12H12BrNS2/c1-15-10-4-2-3-9(7-10)14-8-12-11(13)5-6-16-12/h2-7,14H,8H2,1H3. The van der Waals surface area contributed by atoms with E-state index in [9.17, 15) is 0 Å². The minimum Gasteiger partial charge on any atom is -0.380 e. The van der Waals surface area contributed by atoms with Gasteiger partial charge in [0.15, 0.2) is 0 Å². The summed E-state index contributed by atoms with van der Waals surface area (Å²) in [6.45, 7) is 0.871. The molecule has 1 heterocycles. The Bertz CT molecular complexity index is 468. The van der Waals surface area contributed by atoms with E-state index >= 15 is 0 Å². The average molecular weight is 314 g/mol. The average Bonchev–Trinajstić information content (AvgIpc) is 2.72. The number of thiophene rings is 1. The van der Waals surface area contributed by atoms with Crippen molar-refractivity contribution in [2.45, 2.75) is 11.4 Å².